The summed E-state index contributed by atoms with van der Waals surface area (Å²) in [5.74, 6) is -6.27. The molecule has 1 unspecified atom stereocenters. The largest absolute Gasteiger partial charge is 0.481 e. The van der Waals surface area contributed by atoms with E-state index in [1.807, 2.05) is 0 Å². The molecule has 0 spiro atoms. The van der Waals surface area contributed by atoms with E-state index in [2.05, 4.69) is 10.6 Å². The molecule has 1 aromatic rings. The molecule has 0 saturated heterocycles. The van der Waals surface area contributed by atoms with E-state index >= 15 is 0 Å². The molecule has 0 fully saturated rings. The summed E-state index contributed by atoms with van der Waals surface area (Å²) in [7, 11) is 0. The number of carbonyl (C=O) groups is 5. The Bertz CT molecular complexity index is 832. The average molecular weight is 453 g/mol. The van der Waals surface area contributed by atoms with Crippen molar-refractivity contribution in [2.75, 3.05) is 0 Å². The standard InChI is InChI=1S/C21H28FN3O7/c1-11(2)17(23)20(30)24-12(3)19(29)25-14(9-15(26)27)18(28)16(22)21(31)32-10-13-7-5-4-6-8-13/h4-8,11-12,14,16-17H,9-10,23H2,1-3H3,(H,24,30)(H,25,29)(H,26,27)/t12-,14-,16?,17-/m0/s1. The molecule has 0 aliphatic carbocycles. The lowest BCUT2D eigenvalue weighted by atomic mass is 10.0. The van der Waals surface area contributed by atoms with Gasteiger partial charge in [0.1, 0.15) is 18.7 Å². The Morgan fingerprint density at radius 1 is 1.03 bits per heavy atom. The molecule has 1 rings (SSSR count). The molecule has 2 amide bonds. The highest BCUT2D eigenvalue weighted by molar-refractivity contribution is 6.07. The molecule has 0 radical (unpaired) electrons. The Balaban J connectivity index is 2.77. The predicted octanol–water partition coefficient (Wildman–Crippen LogP) is 0.0845. The first-order valence-corrected chi connectivity index (χ1v) is 9.90. The molecule has 11 heteroatoms. The molecule has 0 aliphatic rings. The summed E-state index contributed by atoms with van der Waals surface area (Å²) in [5.41, 5.74) is 6.25. The maximum Gasteiger partial charge on any atom is 0.349 e. The van der Waals surface area contributed by atoms with Gasteiger partial charge in [-0.3, -0.25) is 19.2 Å². The van der Waals surface area contributed by atoms with Crippen molar-refractivity contribution >= 4 is 29.5 Å². The van der Waals surface area contributed by atoms with Crippen molar-refractivity contribution in [1.29, 1.82) is 0 Å². The van der Waals surface area contributed by atoms with Gasteiger partial charge >= 0.3 is 11.9 Å². The van der Waals surface area contributed by atoms with E-state index in [-0.39, 0.29) is 12.5 Å². The molecule has 0 aliphatic heterocycles. The zero-order valence-corrected chi connectivity index (χ0v) is 18.0. The zero-order valence-electron chi connectivity index (χ0n) is 18.0. The van der Waals surface area contributed by atoms with Crippen LogP contribution < -0.4 is 16.4 Å². The van der Waals surface area contributed by atoms with Crippen molar-refractivity contribution in [2.24, 2.45) is 11.7 Å². The summed E-state index contributed by atoms with van der Waals surface area (Å²) in [5, 5.41) is 13.4. The number of amides is 2. The van der Waals surface area contributed by atoms with Crippen molar-refractivity contribution < 1.29 is 38.2 Å². The molecule has 176 valence electrons. The molecule has 1 aromatic carbocycles. The molecule has 0 bridgehead atoms. The third-order valence-corrected chi connectivity index (χ3v) is 4.49. The van der Waals surface area contributed by atoms with Gasteiger partial charge in [-0.25, -0.2) is 9.18 Å². The van der Waals surface area contributed by atoms with E-state index < -0.39 is 60.3 Å². The van der Waals surface area contributed by atoms with E-state index in [4.69, 9.17) is 15.6 Å². The second-order valence-electron chi connectivity index (χ2n) is 7.52. The first-order valence-electron chi connectivity index (χ1n) is 9.90. The average Bonchev–Trinajstić information content (AvgIpc) is 2.75. The van der Waals surface area contributed by atoms with Gasteiger partial charge in [0.15, 0.2) is 0 Å². The van der Waals surface area contributed by atoms with Crippen molar-refractivity contribution in [3.8, 4) is 0 Å². The Hall–Kier alpha value is -3.34. The van der Waals surface area contributed by atoms with E-state index in [0.717, 1.165) is 0 Å². The molecule has 0 saturated carbocycles. The summed E-state index contributed by atoms with van der Waals surface area (Å²) >= 11 is 0. The summed E-state index contributed by atoms with van der Waals surface area (Å²) in [4.78, 5) is 59.6. The highest BCUT2D eigenvalue weighted by atomic mass is 19.1. The lowest BCUT2D eigenvalue weighted by molar-refractivity contribution is -0.156. The van der Waals surface area contributed by atoms with Crippen molar-refractivity contribution in [3.63, 3.8) is 0 Å². The van der Waals surface area contributed by atoms with E-state index in [1.165, 1.54) is 6.92 Å². The number of rotatable bonds is 12. The number of Topliss-reactive ketones (excluding diaryl/α,β-unsaturated/α-hetero) is 1. The fourth-order valence-electron chi connectivity index (χ4n) is 2.47. The highest BCUT2D eigenvalue weighted by Crippen LogP contribution is 2.08. The SMILES string of the molecule is CC(C)[C@H](N)C(=O)N[C@@H](C)C(=O)N[C@@H](CC(=O)O)C(=O)C(F)C(=O)OCc1ccccc1. The maximum absolute atomic E-state index is 14.4. The van der Waals surface area contributed by atoms with Gasteiger partial charge < -0.3 is 26.2 Å². The lowest BCUT2D eigenvalue weighted by Crippen LogP contribution is -2.55. The molecule has 32 heavy (non-hydrogen) atoms. The van der Waals surface area contributed by atoms with Crippen LogP contribution >= 0.6 is 0 Å². The topological polar surface area (TPSA) is 165 Å². The normalized spacial score (nSPS) is 14.6. The van der Waals surface area contributed by atoms with Crippen LogP contribution in [-0.4, -0.2) is 58.9 Å². The third-order valence-electron chi connectivity index (χ3n) is 4.49. The van der Waals surface area contributed by atoms with Crippen LogP contribution in [0.1, 0.15) is 32.8 Å². The number of esters is 1. The number of nitrogens with one attached hydrogen (secondary N) is 2. The van der Waals surface area contributed by atoms with Crippen LogP contribution in [0.2, 0.25) is 0 Å². The summed E-state index contributed by atoms with van der Waals surface area (Å²) < 4.78 is 19.1. The van der Waals surface area contributed by atoms with Gasteiger partial charge in [-0.1, -0.05) is 44.2 Å². The van der Waals surface area contributed by atoms with E-state index in [9.17, 15) is 28.4 Å². The van der Waals surface area contributed by atoms with Gasteiger partial charge in [-0.05, 0) is 18.4 Å². The summed E-state index contributed by atoms with van der Waals surface area (Å²) in [6.07, 6.45) is -3.77. The zero-order chi connectivity index (χ0) is 24.4. The Morgan fingerprint density at radius 3 is 2.16 bits per heavy atom. The minimum atomic E-state index is -2.80. The van der Waals surface area contributed by atoms with Gasteiger partial charge in [0, 0.05) is 0 Å². The number of benzene rings is 1. The summed E-state index contributed by atoms with van der Waals surface area (Å²) in [6.45, 7) is 4.40. The Labute approximate surface area is 184 Å². The first kappa shape index (κ1) is 26.7. The van der Waals surface area contributed by atoms with Crippen LogP contribution in [0.15, 0.2) is 30.3 Å². The number of halogens is 1. The molecule has 5 N–H and O–H groups in total. The fourth-order valence-corrected chi connectivity index (χ4v) is 2.47. The van der Waals surface area contributed by atoms with Crippen LogP contribution in [0.25, 0.3) is 0 Å². The summed E-state index contributed by atoms with van der Waals surface area (Å²) in [6, 6.07) is 4.38. The second-order valence-corrected chi connectivity index (χ2v) is 7.52. The number of hydrogen-bond acceptors (Lipinski definition) is 7. The van der Waals surface area contributed by atoms with Crippen LogP contribution in [0.5, 0.6) is 0 Å². The van der Waals surface area contributed by atoms with Crippen LogP contribution in [-0.2, 0) is 35.3 Å². The van der Waals surface area contributed by atoms with Crippen molar-refractivity contribution in [1.82, 2.24) is 10.6 Å². The Morgan fingerprint density at radius 2 is 1.62 bits per heavy atom. The number of alkyl halides is 1. The number of ketones is 1. The quantitative estimate of drug-likeness (QED) is 0.255. The molecule has 0 aromatic heterocycles. The number of carboxylic acids is 1. The number of aliphatic carboxylic acids is 1. The van der Waals surface area contributed by atoms with E-state index in [0.29, 0.717) is 5.56 Å². The third kappa shape index (κ3) is 8.42. The van der Waals surface area contributed by atoms with E-state index in [1.54, 1.807) is 44.2 Å². The van der Waals surface area contributed by atoms with Gasteiger partial charge in [0.05, 0.1) is 12.5 Å². The predicted molar refractivity (Wildman–Crippen MR) is 111 cm³/mol. The highest BCUT2D eigenvalue weighted by Gasteiger charge is 2.36. The van der Waals surface area contributed by atoms with Crippen LogP contribution in [0.4, 0.5) is 4.39 Å². The number of nitrogens with two attached hydrogens (primary N) is 1. The lowest BCUT2D eigenvalue weighted by Gasteiger charge is -2.22. The van der Waals surface area contributed by atoms with Crippen LogP contribution in [0.3, 0.4) is 0 Å². The fraction of sp³-hybridized carbons (Fsp3) is 0.476. The number of hydrogen-bond donors (Lipinski definition) is 4. The second kappa shape index (κ2) is 12.5. The first-order chi connectivity index (χ1) is 14.9. The number of carbonyl (C=O) groups excluding carboxylic acids is 4. The number of ether oxygens (including phenoxy) is 1. The molecule has 4 atom stereocenters. The molecule has 0 heterocycles. The molecule has 10 nitrogen and oxygen atoms in total. The van der Waals surface area contributed by atoms with Gasteiger partial charge in [0.25, 0.3) is 6.17 Å². The monoisotopic (exact) mass is 453 g/mol. The Kier molecular flexibility index (Phi) is 10.4. The van der Waals surface area contributed by atoms with Crippen LogP contribution in [0, 0.1) is 5.92 Å². The maximum atomic E-state index is 14.4. The molecular weight excluding hydrogens is 425 g/mol. The minimum Gasteiger partial charge on any atom is -0.481 e. The minimum absolute atomic E-state index is 0.208. The van der Waals surface area contributed by atoms with Gasteiger partial charge in [0.2, 0.25) is 17.6 Å². The van der Waals surface area contributed by atoms with Gasteiger partial charge in [-0.15, -0.1) is 0 Å². The molecular formula is C21H28FN3O7. The smallest absolute Gasteiger partial charge is 0.349 e. The van der Waals surface area contributed by atoms with Gasteiger partial charge in [-0.2, -0.15) is 0 Å². The number of carboxylic acid groups (broad SMARTS) is 1. The van der Waals surface area contributed by atoms with Crippen molar-refractivity contribution in [3.05, 3.63) is 35.9 Å². The van der Waals surface area contributed by atoms with Crippen molar-refractivity contribution in [2.45, 2.75) is 58.1 Å².